The Hall–Kier alpha value is -0.340. The molecule has 0 aliphatic heterocycles. The van der Waals surface area contributed by atoms with Gasteiger partial charge in [-0.25, -0.2) is 0 Å². The van der Waals surface area contributed by atoms with Crippen molar-refractivity contribution in [3.05, 3.63) is 34.3 Å². The van der Waals surface area contributed by atoms with Crippen molar-refractivity contribution < 1.29 is 4.79 Å². The van der Waals surface area contributed by atoms with E-state index in [1.165, 1.54) is 0 Å². The molecule has 0 aliphatic carbocycles. The Morgan fingerprint density at radius 2 is 2.00 bits per heavy atom. The third kappa shape index (κ3) is 3.49. The van der Waals surface area contributed by atoms with E-state index >= 15 is 0 Å². The summed E-state index contributed by atoms with van der Waals surface area (Å²) in [6.07, 6.45) is 0.392. The number of benzene rings is 1. The normalized spacial score (nSPS) is 12.5. The molecular weight excluding hydrogens is 251 g/mol. The molecule has 1 unspecified atom stereocenters. The number of rotatable bonds is 3. The molecule has 0 aliphatic rings. The molecule has 70 valence electrons. The summed E-state index contributed by atoms with van der Waals surface area (Å²) in [5, 5.41) is -0.282. The SMILES string of the molecule is CC(CC(=O)Cl)c1ccc(Br)cc1. The van der Waals surface area contributed by atoms with Crippen molar-refractivity contribution in [2.24, 2.45) is 0 Å². The molecule has 1 atom stereocenters. The fourth-order valence-electron chi connectivity index (χ4n) is 1.15. The smallest absolute Gasteiger partial charge is 0.222 e. The molecule has 0 saturated heterocycles. The Labute approximate surface area is 91.2 Å². The summed E-state index contributed by atoms with van der Waals surface area (Å²) in [5.41, 5.74) is 1.14. The van der Waals surface area contributed by atoms with E-state index in [4.69, 9.17) is 11.6 Å². The third-order valence-electron chi connectivity index (χ3n) is 1.91. The molecule has 0 spiro atoms. The zero-order valence-electron chi connectivity index (χ0n) is 7.26. The summed E-state index contributed by atoms with van der Waals surface area (Å²) in [4.78, 5) is 10.7. The van der Waals surface area contributed by atoms with Crippen molar-refractivity contribution in [1.82, 2.24) is 0 Å². The summed E-state index contributed by atoms with van der Waals surface area (Å²) in [6, 6.07) is 7.91. The molecule has 0 radical (unpaired) electrons. The van der Waals surface area contributed by atoms with Crippen LogP contribution in [0.1, 0.15) is 24.8 Å². The van der Waals surface area contributed by atoms with Gasteiger partial charge in [-0.2, -0.15) is 0 Å². The van der Waals surface area contributed by atoms with Gasteiger partial charge in [0.2, 0.25) is 5.24 Å². The van der Waals surface area contributed by atoms with E-state index in [9.17, 15) is 4.79 Å². The summed E-state index contributed by atoms with van der Waals surface area (Å²) in [5.74, 6) is 0.193. The van der Waals surface area contributed by atoms with E-state index < -0.39 is 0 Å². The van der Waals surface area contributed by atoms with Gasteiger partial charge in [0.1, 0.15) is 0 Å². The van der Waals surface area contributed by atoms with Gasteiger partial charge in [-0.15, -0.1) is 0 Å². The maximum Gasteiger partial charge on any atom is 0.222 e. The number of carbonyl (C=O) groups excluding carboxylic acids is 1. The first-order valence-electron chi connectivity index (χ1n) is 4.03. The molecule has 1 rings (SSSR count). The Morgan fingerprint density at radius 1 is 1.46 bits per heavy atom. The first kappa shape index (κ1) is 10.7. The van der Waals surface area contributed by atoms with E-state index in [0.29, 0.717) is 6.42 Å². The molecule has 0 fully saturated rings. The van der Waals surface area contributed by atoms with Gasteiger partial charge in [0.15, 0.2) is 0 Å². The minimum atomic E-state index is -0.282. The molecule has 1 nitrogen and oxygen atoms in total. The second kappa shape index (κ2) is 4.77. The van der Waals surface area contributed by atoms with Crippen molar-refractivity contribution >= 4 is 32.8 Å². The second-order valence-electron chi connectivity index (χ2n) is 3.01. The average Bonchev–Trinajstić information content (AvgIpc) is 2.04. The maximum atomic E-state index is 10.7. The lowest BCUT2D eigenvalue weighted by molar-refractivity contribution is -0.111. The van der Waals surface area contributed by atoms with Gasteiger partial charge in [0, 0.05) is 10.9 Å². The van der Waals surface area contributed by atoms with Crippen LogP contribution >= 0.6 is 27.5 Å². The van der Waals surface area contributed by atoms with Gasteiger partial charge >= 0.3 is 0 Å². The monoisotopic (exact) mass is 260 g/mol. The quantitative estimate of drug-likeness (QED) is 0.758. The fourth-order valence-corrected chi connectivity index (χ4v) is 1.65. The summed E-state index contributed by atoms with van der Waals surface area (Å²) >= 11 is 8.66. The van der Waals surface area contributed by atoms with Crippen molar-refractivity contribution in [2.45, 2.75) is 19.3 Å². The summed E-state index contributed by atoms with van der Waals surface area (Å²) in [6.45, 7) is 1.99. The van der Waals surface area contributed by atoms with Crippen LogP contribution < -0.4 is 0 Å². The third-order valence-corrected chi connectivity index (χ3v) is 2.59. The van der Waals surface area contributed by atoms with Crippen LogP contribution in [0.2, 0.25) is 0 Å². The molecule has 3 heteroatoms. The lowest BCUT2D eigenvalue weighted by atomic mass is 9.99. The van der Waals surface area contributed by atoms with Crippen LogP contribution in [-0.4, -0.2) is 5.24 Å². The van der Waals surface area contributed by atoms with Crippen LogP contribution in [0.3, 0.4) is 0 Å². The zero-order valence-corrected chi connectivity index (χ0v) is 9.60. The van der Waals surface area contributed by atoms with E-state index in [-0.39, 0.29) is 11.2 Å². The van der Waals surface area contributed by atoms with E-state index in [2.05, 4.69) is 15.9 Å². The summed E-state index contributed by atoms with van der Waals surface area (Å²) in [7, 11) is 0. The van der Waals surface area contributed by atoms with E-state index in [1.807, 2.05) is 31.2 Å². The van der Waals surface area contributed by atoms with Gasteiger partial charge in [0.25, 0.3) is 0 Å². The lowest BCUT2D eigenvalue weighted by Gasteiger charge is -2.08. The first-order valence-corrected chi connectivity index (χ1v) is 5.20. The van der Waals surface area contributed by atoms with Crippen molar-refractivity contribution in [3.8, 4) is 0 Å². The molecule has 0 saturated carbocycles. The Morgan fingerprint density at radius 3 is 2.46 bits per heavy atom. The largest absolute Gasteiger partial charge is 0.281 e. The Balaban J connectivity index is 2.71. The number of halogens is 2. The van der Waals surface area contributed by atoms with Crippen molar-refractivity contribution in [1.29, 1.82) is 0 Å². The minimum Gasteiger partial charge on any atom is -0.281 e. The molecule has 1 aromatic rings. The molecule has 0 bridgehead atoms. The van der Waals surface area contributed by atoms with Crippen LogP contribution in [0, 0.1) is 0 Å². The lowest BCUT2D eigenvalue weighted by Crippen LogP contribution is -1.97. The van der Waals surface area contributed by atoms with Gasteiger partial charge < -0.3 is 0 Å². The highest BCUT2D eigenvalue weighted by Gasteiger charge is 2.08. The highest BCUT2D eigenvalue weighted by atomic mass is 79.9. The van der Waals surface area contributed by atoms with Crippen molar-refractivity contribution in [3.63, 3.8) is 0 Å². The highest BCUT2D eigenvalue weighted by molar-refractivity contribution is 9.10. The Bertz CT molecular complexity index is 294. The fraction of sp³-hybridized carbons (Fsp3) is 0.300. The predicted molar refractivity (Wildman–Crippen MR) is 58.0 cm³/mol. The van der Waals surface area contributed by atoms with E-state index in [1.54, 1.807) is 0 Å². The van der Waals surface area contributed by atoms with Crippen molar-refractivity contribution in [2.75, 3.05) is 0 Å². The minimum absolute atomic E-state index is 0.193. The van der Waals surface area contributed by atoms with Gasteiger partial charge in [-0.3, -0.25) is 4.79 Å². The summed E-state index contributed by atoms with van der Waals surface area (Å²) < 4.78 is 1.04. The highest BCUT2D eigenvalue weighted by Crippen LogP contribution is 2.21. The maximum absolute atomic E-state index is 10.7. The van der Waals surface area contributed by atoms with Crippen LogP contribution in [0.15, 0.2) is 28.7 Å². The topological polar surface area (TPSA) is 17.1 Å². The number of hydrogen-bond donors (Lipinski definition) is 0. The van der Waals surface area contributed by atoms with Crippen LogP contribution in [0.25, 0.3) is 0 Å². The molecule has 1 aromatic carbocycles. The van der Waals surface area contributed by atoms with Crippen LogP contribution in [0.5, 0.6) is 0 Å². The molecule has 0 N–H and O–H groups in total. The molecule has 0 aromatic heterocycles. The van der Waals surface area contributed by atoms with Crippen LogP contribution in [0.4, 0.5) is 0 Å². The Kier molecular flexibility index (Phi) is 3.94. The van der Waals surface area contributed by atoms with Gasteiger partial charge in [-0.1, -0.05) is 35.0 Å². The second-order valence-corrected chi connectivity index (χ2v) is 4.35. The molecular formula is C10H10BrClO. The van der Waals surface area contributed by atoms with Gasteiger partial charge in [0.05, 0.1) is 0 Å². The number of carbonyl (C=O) groups is 1. The first-order chi connectivity index (χ1) is 6.09. The molecule has 13 heavy (non-hydrogen) atoms. The molecule has 0 heterocycles. The molecule has 0 amide bonds. The van der Waals surface area contributed by atoms with Crippen LogP contribution in [-0.2, 0) is 4.79 Å². The zero-order chi connectivity index (χ0) is 9.84. The average molecular weight is 262 g/mol. The van der Waals surface area contributed by atoms with E-state index in [0.717, 1.165) is 10.0 Å². The number of hydrogen-bond acceptors (Lipinski definition) is 1. The standard InChI is InChI=1S/C10H10BrClO/c1-7(6-10(12)13)8-2-4-9(11)5-3-8/h2-5,7H,6H2,1H3. The van der Waals surface area contributed by atoms with Gasteiger partial charge in [-0.05, 0) is 35.2 Å². The predicted octanol–water partition coefficient (Wildman–Crippen LogP) is 3.71.